The highest BCUT2D eigenvalue weighted by Gasteiger charge is 1.93. The van der Waals surface area contributed by atoms with Crippen LogP contribution < -0.4 is 0 Å². The normalized spacial score (nSPS) is 9.36. The molecule has 0 fully saturated rings. The van der Waals surface area contributed by atoms with Crippen LogP contribution in [0.15, 0.2) is 12.4 Å². The van der Waals surface area contributed by atoms with Crippen LogP contribution in [0.2, 0.25) is 0 Å². The van der Waals surface area contributed by atoms with E-state index in [1.54, 1.807) is 6.20 Å². The molecule has 3 nitrogen and oxygen atoms in total. The second-order valence-corrected chi connectivity index (χ2v) is 2.40. The van der Waals surface area contributed by atoms with Gasteiger partial charge in [0.25, 0.3) is 0 Å². The molecule has 1 aromatic rings. The van der Waals surface area contributed by atoms with Crippen molar-refractivity contribution in [1.82, 2.24) is 9.97 Å². The van der Waals surface area contributed by atoms with Crippen molar-refractivity contribution in [3.63, 3.8) is 0 Å². The number of nitrogens with zero attached hydrogens (tertiary/aromatic N) is 2. The summed E-state index contributed by atoms with van der Waals surface area (Å²) in [7, 11) is 0. The van der Waals surface area contributed by atoms with Gasteiger partial charge in [0, 0.05) is 25.2 Å². The van der Waals surface area contributed by atoms with Gasteiger partial charge >= 0.3 is 0 Å². The minimum Gasteiger partial charge on any atom is -0.349 e. The van der Waals surface area contributed by atoms with Gasteiger partial charge in [0.15, 0.2) is 0 Å². The third kappa shape index (κ3) is 2.85. The molecule has 0 aliphatic carbocycles. The number of H-pyrrole nitrogens is 1. The van der Waals surface area contributed by atoms with Crippen LogP contribution in [0, 0.1) is 11.3 Å². The number of nitriles is 1. The Morgan fingerprint density at radius 2 is 2.45 bits per heavy atom. The van der Waals surface area contributed by atoms with E-state index in [0.29, 0.717) is 6.42 Å². The zero-order valence-electron chi connectivity index (χ0n) is 6.38. The summed E-state index contributed by atoms with van der Waals surface area (Å²) in [5, 5.41) is 8.25. The molecule has 58 valence electrons. The lowest BCUT2D eigenvalue weighted by Gasteiger charge is -1.92. The number of aryl methyl sites for hydroxylation is 1. The SMILES string of the molecule is N#CCCCCc1ncc[nH]1. The zero-order chi connectivity index (χ0) is 7.94. The first-order chi connectivity index (χ1) is 5.43. The summed E-state index contributed by atoms with van der Waals surface area (Å²) in [5.74, 6) is 1.02. The largest absolute Gasteiger partial charge is 0.349 e. The number of nitrogens with one attached hydrogen (secondary N) is 1. The van der Waals surface area contributed by atoms with Crippen LogP contribution in [0.4, 0.5) is 0 Å². The Morgan fingerprint density at radius 3 is 3.09 bits per heavy atom. The average molecular weight is 149 g/mol. The molecule has 0 aliphatic heterocycles. The molecule has 1 heterocycles. The van der Waals surface area contributed by atoms with Gasteiger partial charge in [0.2, 0.25) is 0 Å². The predicted molar refractivity (Wildman–Crippen MR) is 41.8 cm³/mol. The van der Waals surface area contributed by atoms with Crippen molar-refractivity contribution in [3.8, 4) is 6.07 Å². The molecule has 0 saturated carbocycles. The molecule has 11 heavy (non-hydrogen) atoms. The highest BCUT2D eigenvalue weighted by atomic mass is 14.9. The molecular weight excluding hydrogens is 138 g/mol. The lowest BCUT2D eigenvalue weighted by atomic mass is 10.2. The fourth-order valence-corrected chi connectivity index (χ4v) is 0.931. The third-order valence-corrected chi connectivity index (χ3v) is 1.51. The van der Waals surface area contributed by atoms with E-state index in [2.05, 4.69) is 16.0 Å². The summed E-state index contributed by atoms with van der Waals surface area (Å²) in [4.78, 5) is 7.10. The summed E-state index contributed by atoms with van der Waals surface area (Å²) in [5.41, 5.74) is 0. The second kappa shape index (κ2) is 4.51. The fraction of sp³-hybridized carbons (Fsp3) is 0.500. The minimum absolute atomic E-state index is 0.653. The Bertz CT molecular complexity index is 220. The van der Waals surface area contributed by atoms with Crippen molar-refractivity contribution in [3.05, 3.63) is 18.2 Å². The summed E-state index contributed by atoms with van der Waals surface area (Å²) in [6.07, 6.45) is 7.19. The van der Waals surface area contributed by atoms with Gasteiger partial charge in [-0.2, -0.15) is 5.26 Å². The first-order valence-electron chi connectivity index (χ1n) is 3.78. The molecule has 1 aromatic heterocycles. The van der Waals surface area contributed by atoms with Crippen LogP contribution in [0.5, 0.6) is 0 Å². The summed E-state index contributed by atoms with van der Waals surface area (Å²) in [6, 6.07) is 2.12. The molecule has 3 heteroatoms. The molecule has 0 unspecified atom stereocenters. The maximum absolute atomic E-state index is 8.25. The Labute approximate surface area is 66.1 Å². The van der Waals surface area contributed by atoms with Crippen molar-refractivity contribution in [2.45, 2.75) is 25.7 Å². The fourth-order valence-electron chi connectivity index (χ4n) is 0.931. The number of imidazole rings is 1. The average Bonchev–Trinajstić information content (AvgIpc) is 2.50. The van der Waals surface area contributed by atoms with E-state index in [4.69, 9.17) is 5.26 Å². The van der Waals surface area contributed by atoms with Crippen molar-refractivity contribution in [2.24, 2.45) is 0 Å². The van der Waals surface area contributed by atoms with Gasteiger partial charge < -0.3 is 4.98 Å². The van der Waals surface area contributed by atoms with Gasteiger partial charge in [-0.3, -0.25) is 0 Å². The van der Waals surface area contributed by atoms with Crippen LogP contribution in [-0.4, -0.2) is 9.97 Å². The standard InChI is InChI=1S/C8H11N3/c9-5-3-1-2-4-8-10-6-7-11-8/h6-7H,1-4H2,(H,10,11). The second-order valence-electron chi connectivity index (χ2n) is 2.40. The van der Waals surface area contributed by atoms with Gasteiger partial charge in [0.05, 0.1) is 6.07 Å². The highest BCUT2D eigenvalue weighted by molar-refractivity contribution is 4.86. The molecule has 1 N–H and O–H groups in total. The summed E-state index contributed by atoms with van der Waals surface area (Å²) < 4.78 is 0. The van der Waals surface area contributed by atoms with Crippen molar-refractivity contribution < 1.29 is 0 Å². The van der Waals surface area contributed by atoms with E-state index in [1.807, 2.05) is 6.20 Å². The molecule has 1 rings (SSSR count). The van der Waals surface area contributed by atoms with E-state index in [1.165, 1.54) is 0 Å². The molecule has 0 aromatic carbocycles. The Kier molecular flexibility index (Phi) is 3.20. The monoisotopic (exact) mass is 149 g/mol. The van der Waals surface area contributed by atoms with E-state index >= 15 is 0 Å². The number of unbranched alkanes of at least 4 members (excludes halogenated alkanes) is 2. The van der Waals surface area contributed by atoms with Gasteiger partial charge in [-0.15, -0.1) is 0 Å². The van der Waals surface area contributed by atoms with Gasteiger partial charge in [-0.1, -0.05) is 0 Å². The molecule has 0 amide bonds. The summed E-state index contributed by atoms with van der Waals surface area (Å²) >= 11 is 0. The number of hydrogen-bond acceptors (Lipinski definition) is 2. The Morgan fingerprint density at radius 1 is 1.55 bits per heavy atom. The Hall–Kier alpha value is -1.30. The van der Waals surface area contributed by atoms with Gasteiger partial charge in [0.1, 0.15) is 5.82 Å². The van der Waals surface area contributed by atoms with Crippen LogP contribution in [-0.2, 0) is 6.42 Å². The highest BCUT2D eigenvalue weighted by Crippen LogP contribution is 2.00. The van der Waals surface area contributed by atoms with Gasteiger partial charge in [-0.25, -0.2) is 4.98 Å². The topological polar surface area (TPSA) is 52.5 Å². The van der Waals surface area contributed by atoms with Crippen molar-refractivity contribution in [1.29, 1.82) is 5.26 Å². The number of rotatable bonds is 4. The van der Waals surface area contributed by atoms with Crippen LogP contribution in [0.3, 0.4) is 0 Å². The molecule has 0 spiro atoms. The molecule has 0 saturated heterocycles. The van der Waals surface area contributed by atoms with Crippen LogP contribution in [0.1, 0.15) is 25.1 Å². The van der Waals surface area contributed by atoms with E-state index in [-0.39, 0.29) is 0 Å². The number of aromatic nitrogens is 2. The quantitative estimate of drug-likeness (QED) is 0.662. The lowest BCUT2D eigenvalue weighted by Crippen LogP contribution is -1.87. The third-order valence-electron chi connectivity index (χ3n) is 1.51. The van der Waals surface area contributed by atoms with E-state index in [0.717, 1.165) is 25.1 Å². The number of hydrogen-bond donors (Lipinski definition) is 1. The first kappa shape index (κ1) is 7.80. The zero-order valence-corrected chi connectivity index (χ0v) is 6.38. The van der Waals surface area contributed by atoms with E-state index < -0.39 is 0 Å². The van der Waals surface area contributed by atoms with Gasteiger partial charge in [-0.05, 0) is 12.8 Å². The Balaban J connectivity index is 2.10. The van der Waals surface area contributed by atoms with Crippen LogP contribution >= 0.6 is 0 Å². The smallest absolute Gasteiger partial charge is 0.105 e. The molecule has 0 radical (unpaired) electrons. The van der Waals surface area contributed by atoms with E-state index in [9.17, 15) is 0 Å². The minimum atomic E-state index is 0.653. The first-order valence-corrected chi connectivity index (χ1v) is 3.78. The maximum atomic E-state index is 8.25. The molecule has 0 bridgehead atoms. The molecular formula is C8H11N3. The molecule has 0 aliphatic rings. The predicted octanol–water partition coefficient (Wildman–Crippen LogP) is 1.65. The van der Waals surface area contributed by atoms with Crippen molar-refractivity contribution >= 4 is 0 Å². The van der Waals surface area contributed by atoms with Crippen LogP contribution in [0.25, 0.3) is 0 Å². The van der Waals surface area contributed by atoms with Crippen molar-refractivity contribution in [2.75, 3.05) is 0 Å². The maximum Gasteiger partial charge on any atom is 0.105 e. The number of aromatic amines is 1. The summed E-state index contributed by atoms with van der Waals surface area (Å²) in [6.45, 7) is 0. The molecule has 0 atom stereocenters. The lowest BCUT2D eigenvalue weighted by molar-refractivity contribution is 0.728.